The van der Waals surface area contributed by atoms with Crippen LogP contribution in [-0.4, -0.2) is 51.0 Å². The minimum Gasteiger partial charge on any atom is -0.379 e. The van der Waals surface area contributed by atoms with Gasteiger partial charge in [-0.05, 0) is 49.2 Å². The van der Waals surface area contributed by atoms with E-state index in [1.165, 1.54) is 4.31 Å². The van der Waals surface area contributed by atoms with Gasteiger partial charge in [0.2, 0.25) is 10.0 Å². The van der Waals surface area contributed by atoms with Crippen LogP contribution in [0.15, 0.2) is 53.4 Å². The summed E-state index contributed by atoms with van der Waals surface area (Å²) in [5.41, 5.74) is 2.31. The fourth-order valence-electron chi connectivity index (χ4n) is 3.73. The number of amides is 1. The molecule has 7 heteroatoms. The summed E-state index contributed by atoms with van der Waals surface area (Å²) >= 11 is 0. The lowest BCUT2D eigenvalue weighted by Gasteiger charge is -2.26. The second kappa shape index (κ2) is 7.07. The molecule has 2 heterocycles. The van der Waals surface area contributed by atoms with Gasteiger partial charge in [0.05, 0.1) is 18.1 Å². The molecule has 1 saturated heterocycles. The van der Waals surface area contributed by atoms with Gasteiger partial charge in [-0.1, -0.05) is 18.2 Å². The third kappa shape index (κ3) is 3.26. The van der Waals surface area contributed by atoms with Crippen LogP contribution in [0, 0.1) is 0 Å². The van der Waals surface area contributed by atoms with Gasteiger partial charge in [-0.25, -0.2) is 8.42 Å². The highest BCUT2D eigenvalue weighted by Gasteiger charge is 2.34. The van der Waals surface area contributed by atoms with Gasteiger partial charge in [-0.15, -0.1) is 0 Å². The Bertz CT molecular complexity index is 953. The van der Waals surface area contributed by atoms with Crippen LogP contribution in [0.25, 0.3) is 0 Å². The lowest BCUT2D eigenvalue weighted by molar-refractivity contribution is 0.0730. The number of carbonyl (C=O) groups is 1. The Labute approximate surface area is 159 Å². The summed E-state index contributed by atoms with van der Waals surface area (Å²) in [7, 11) is -3.54. The maximum Gasteiger partial charge on any atom is 0.258 e. The number of carbonyl (C=O) groups excluding carboxylic acids is 1. The van der Waals surface area contributed by atoms with E-state index in [0.717, 1.165) is 11.3 Å². The van der Waals surface area contributed by atoms with Crippen molar-refractivity contribution < 1.29 is 17.9 Å². The second-order valence-electron chi connectivity index (χ2n) is 6.90. The molecule has 6 nitrogen and oxygen atoms in total. The number of hydrogen-bond acceptors (Lipinski definition) is 4. The van der Waals surface area contributed by atoms with E-state index in [0.29, 0.717) is 38.3 Å². The minimum absolute atomic E-state index is 0.0194. The number of nitrogens with zero attached hydrogens (tertiary/aromatic N) is 2. The Morgan fingerprint density at radius 2 is 1.78 bits per heavy atom. The highest BCUT2D eigenvalue weighted by atomic mass is 32.2. The Balaban J connectivity index is 1.66. The fraction of sp³-hybridized carbons (Fsp3) is 0.350. The molecule has 2 aromatic rings. The maximum atomic E-state index is 12.9. The van der Waals surface area contributed by atoms with Gasteiger partial charge in [0.15, 0.2) is 0 Å². The highest BCUT2D eigenvalue weighted by molar-refractivity contribution is 7.89. The number of hydrogen-bond donors (Lipinski definition) is 0. The third-order valence-electron chi connectivity index (χ3n) is 5.11. The number of benzene rings is 2. The van der Waals surface area contributed by atoms with Crippen LogP contribution < -0.4 is 4.90 Å². The summed E-state index contributed by atoms with van der Waals surface area (Å²) in [5.74, 6) is -0.0642. The van der Waals surface area contributed by atoms with E-state index in [9.17, 15) is 13.2 Å². The molecule has 2 aromatic carbocycles. The molecule has 0 unspecified atom stereocenters. The molecule has 27 heavy (non-hydrogen) atoms. The summed E-state index contributed by atoms with van der Waals surface area (Å²) in [6.45, 7) is 3.56. The smallest absolute Gasteiger partial charge is 0.258 e. The lowest BCUT2D eigenvalue weighted by atomic mass is 10.1. The normalized spacial score (nSPS) is 20.5. The van der Waals surface area contributed by atoms with Gasteiger partial charge in [-0.2, -0.15) is 4.31 Å². The Morgan fingerprint density at radius 3 is 2.48 bits per heavy atom. The van der Waals surface area contributed by atoms with E-state index in [4.69, 9.17) is 4.74 Å². The summed E-state index contributed by atoms with van der Waals surface area (Å²) in [6, 6.07) is 14.2. The zero-order valence-corrected chi connectivity index (χ0v) is 16.0. The first-order valence-corrected chi connectivity index (χ1v) is 10.5. The molecule has 0 saturated carbocycles. The van der Waals surface area contributed by atoms with Crippen LogP contribution in [0.5, 0.6) is 0 Å². The Morgan fingerprint density at radius 1 is 1.07 bits per heavy atom. The minimum atomic E-state index is -3.54. The van der Waals surface area contributed by atoms with Crippen molar-refractivity contribution in [3.8, 4) is 0 Å². The molecule has 2 aliphatic heterocycles. The Hall–Kier alpha value is -2.22. The van der Waals surface area contributed by atoms with E-state index >= 15 is 0 Å². The van der Waals surface area contributed by atoms with E-state index in [1.807, 2.05) is 25.1 Å². The zero-order valence-electron chi connectivity index (χ0n) is 15.2. The Kier molecular flexibility index (Phi) is 4.75. The summed E-state index contributed by atoms with van der Waals surface area (Å²) < 4.78 is 32.5. The average Bonchev–Trinajstić information content (AvgIpc) is 3.03. The van der Waals surface area contributed by atoms with Crippen molar-refractivity contribution in [2.75, 3.05) is 31.2 Å². The van der Waals surface area contributed by atoms with Gasteiger partial charge in [0, 0.05) is 30.4 Å². The van der Waals surface area contributed by atoms with E-state index in [2.05, 4.69) is 0 Å². The van der Waals surface area contributed by atoms with Crippen LogP contribution in [-0.2, 0) is 21.2 Å². The molecule has 2 aliphatic rings. The van der Waals surface area contributed by atoms with Gasteiger partial charge >= 0.3 is 0 Å². The number of rotatable bonds is 3. The van der Waals surface area contributed by atoms with Crippen LogP contribution in [0.3, 0.4) is 0 Å². The lowest BCUT2D eigenvalue weighted by Crippen LogP contribution is -2.40. The predicted molar refractivity (Wildman–Crippen MR) is 102 cm³/mol. The van der Waals surface area contributed by atoms with Gasteiger partial charge in [-0.3, -0.25) is 4.79 Å². The summed E-state index contributed by atoms with van der Waals surface area (Å²) in [6.07, 6.45) is 0.639. The van der Waals surface area contributed by atoms with Crippen molar-refractivity contribution in [3.05, 3.63) is 59.7 Å². The third-order valence-corrected chi connectivity index (χ3v) is 7.01. The van der Waals surface area contributed by atoms with E-state index < -0.39 is 10.0 Å². The largest absolute Gasteiger partial charge is 0.379 e. The van der Waals surface area contributed by atoms with Crippen molar-refractivity contribution >= 4 is 21.6 Å². The maximum absolute atomic E-state index is 12.9. The second-order valence-corrected chi connectivity index (χ2v) is 8.84. The summed E-state index contributed by atoms with van der Waals surface area (Å²) in [4.78, 5) is 15.0. The first-order chi connectivity index (χ1) is 13.0. The van der Waals surface area contributed by atoms with Crippen molar-refractivity contribution in [2.24, 2.45) is 0 Å². The molecule has 1 atom stereocenters. The zero-order chi connectivity index (χ0) is 19.0. The summed E-state index contributed by atoms with van der Waals surface area (Å²) in [5, 5.41) is 0. The van der Waals surface area contributed by atoms with Gasteiger partial charge in [0.1, 0.15) is 0 Å². The molecule has 4 rings (SSSR count). The SMILES string of the molecule is C[C@@H]1Cc2cc(S(=O)(=O)N3CCOCC3)ccc2N1C(=O)c1ccccc1. The van der Waals surface area contributed by atoms with Crippen LogP contribution in [0.4, 0.5) is 5.69 Å². The van der Waals surface area contributed by atoms with Crippen molar-refractivity contribution in [1.29, 1.82) is 0 Å². The molecule has 0 N–H and O–H groups in total. The van der Waals surface area contributed by atoms with Crippen molar-refractivity contribution in [3.63, 3.8) is 0 Å². The molecule has 1 amide bonds. The molecular formula is C20H22N2O4S. The molecule has 0 spiro atoms. The molecule has 0 aliphatic carbocycles. The predicted octanol–water partition coefficient (Wildman–Crippen LogP) is 2.30. The van der Waals surface area contributed by atoms with Gasteiger partial charge < -0.3 is 9.64 Å². The number of fused-ring (bicyclic) bond motifs is 1. The average molecular weight is 386 g/mol. The van der Waals surface area contributed by atoms with E-state index in [-0.39, 0.29) is 16.8 Å². The monoisotopic (exact) mass is 386 g/mol. The number of sulfonamides is 1. The first-order valence-electron chi connectivity index (χ1n) is 9.08. The first kappa shape index (κ1) is 18.2. The fourth-order valence-corrected chi connectivity index (χ4v) is 5.19. The molecule has 0 bridgehead atoms. The molecule has 1 fully saturated rings. The molecule has 0 aromatic heterocycles. The van der Waals surface area contributed by atoms with Crippen LogP contribution in [0.2, 0.25) is 0 Å². The molecular weight excluding hydrogens is 364 g/mol. The number of ether oxygens (including phenoxy) is 1. The highest BCUT2D eigenvalue weighted by Crippen LogP contribution is 2.35. The van der Waals surface area contributed by atoms with Crippen molar-refractivity contribution in [1.82, 2.24) is 4.31 Å². The molecule has 0 radical (unpaired) electrons. The number of morpholine rings is 1. The van der Waals surface area contributed by atoms with Crippen molar-refractivity contribution in [2.45, 2.75) is 24.3 Å². The number of anilines is 1. The van der Waals surface area contributed by atoms with E-state index in [1.54, 1.807) is 35.2 Å². The van der Waals surface area contributed by atoms with Crippen LogP contribution >= 0.6 is 0 Å². The van der Waals surface area contributed by atoms with Crippen LogP contribution in [0.1, 0.15) is 22.8 Å². The topological polar surface area (TPSA) is 66.9 Å². The van der Waals surface area contributed by atoms with Gasteiger partial charge in [0.25, 0.3) is 5.91 Å². The standard InChI is InChI=1S/C20H22N2O4S/c1-15-13-17-14-18(27(24,25)21-9-11-26-12-10-21)7-8-19(17)22(15)20(23)16-5-3-2-4-6-16/h2-8,14-15H,9-13H2,1H3/t15-/m1/s1. The quantitative estimate of drug-likeness (QED) is 0.812. The molecule has 142 valence electrons.